The zero-order valence-electron chi connectivity index (χ0n) is 15.7. The quantitative estimate of drug-likeness (QED) is 0.430. The first-order valence-electron chi connectivity index (χ1n) is 8.91. The number of nitrogens with one attached hydrogen (secondary N) is 1. The van der Waals surface area contributed by atoms with Gasteiger partial charge in [0, 0.05) is 13.1 Å². The van der Waals surface area contributed by atoms with E-state index in [4.69, 9.17) is 9.94 Å². The van der Waals surface area contributed by atoms with Crippen molar-refractivity contribution in [3.8, 4) is 0 Å². The Hall–Kier alpha value is -1.83. The molecule has 0 bridgehead atoms. The lowest BCUT2D eigenvalue weighted by atomic mass is 10.0. The van der Waals surface area contributed by atoms with Gasteiger partial charge in [-0.15, -0.1) is 0 Å². The minimum atomic E-state index is -0.657. The highest BCUT2D eigenvalue weighted by atomic mass is 16.6. The molecule has 1 aliphatic heterocycles. The number of amides is 3. The summed E-state index contributed by atoms with van der Waals surface area (Å²) in [6, 6.07) is -1.01. The molecule has 25 heavy (non-hydrogen) atoms. The zero-order valence-corrected chi connectivity index (χ0v) is 15.7. The lowest BCUT2D eigenvalue weighted by Gasteiger charge is -2.38. The van der Waals surface area contributed by atoms with Crippen LogP contribution in [0.25, 0.3) is 0 Å². The number of hydrogen-bond donors (Lipinski definition) is 2. The maximum Gasteiger partial charge on any atom is 0.329 e. The van der Waals surface area contributed by atoms with Crippen LogP contribution in [0.3, 0.4) is 0 Å². The number of carbonyl (C=O) groups is 3. The highest BCUT2D eigenvalue weighted by molar-refractivity contribution is 5.87. The van der Waals surface area contributed by atoms with Crippen LogP contribution in [0.4, 0.5) is 4.79 Å². The minimum Gasteiger partial charge on any atom is -0.458 e. The standard InChI is InChI=1S/C17H31N3O5/c1-5-6-10-19(12-14(21)18-24)16(23)20-11-8-7-9-13(20)15(22)25-17(2,3)4/h13,24H,5-12H2,1-4H3,(H,18,21)/t13-/m1/s1. The van der Waals surface area contributed by atoms with Crippen LogP contribution in [0, 0.1) is 0 Å². The molecule has 1 heterocycles. The predicted octanol–water partition coefficient (Wildman–Crippen LogP) is 1.91. The lowest BCUT2D eigenvalue weighted by Crippen LogP contribution is -2.55. The Kier molecular flexibility index (Phi) is 8.15. The van der Waals surface area contributed by atoms with Gasteiger partial charge in [0.15, 0.2) is 0 Å². The van der Waals surface area contributed by atoms with Gasteiger partial charge in [0.05, 0.1) is 0 Å². The summed E-state index contributed by atoms with van der Waals surface area (Å²) in [7, 11) is 0. The van der Waals surface area contributed by atoms with Crippen molar-refractivity contribution in [1.29, 1.82) is 0 Å². The Balaban J connectivity index is 2.90. The minimum absolute atomic E-state index is 0.243. The number of nitrogens with zero attached hydrogens (tertiary/aromatic N) is 2. The summed E-state index contributed by atoms with van der Waals surface area (Å²) in [5.74, 6) is -1.07. The van der Waals surface area contributed by atoms with Crippen LogP contribution in [0.2, 0.25) is 0 Å². The van der Waals surface area contributed by atoms with E-state index in [1.807, 2.05) is 6.92 Å². The lowest BCUT2D eigenvalue weighted by molar-refractivity contribution is -0.161. The molecule has 0 spiro atoms. The Morgan fingerprint density at radius 3 is 2.52 bits per heavy atom. The van der Waals surface area contributed by atoms with E-state index in [2.05, 4.69) is 0 Å². The molecular weight excluding hydrogens is 326 g/mol. The van der Waals surface area contributed by atoms with E-state index in [0.717, 1.165) is 25.7 Å². The van der Waals surface area contributed by atoms with Gasteiger partial charge in [-0.05, 0) is 46.5 Å². The Labute approximate surface area is 149 Å². The van der Waals surface area contributed by atoms with Gasteiger partial charge in [-0.25, -0.2) is 15.1 Å². The fourth-order valence-electron chi connectivity index (χ4n) is 2.76. The van der Waals surface area contributed by atoms with Gasteiger partial charge in [0.25, 0.3) is 5.91 Å². The molecule has 0 aliphatic carbocycles. The monoisotopic (exact) mass is 357 g/mol. The third kappa shape index (κ3) is 6.89. The average molecular weight is 357 g/mol. The van der Waals surface area contributed by atoms with Crippen LogP contribution in [-0.4, -0.2) is 64.2 Å². The number of carbonyl (C=O) groups excluding carboxylic acids is 3. The molecule has 1 aliphatic rings. The molecule has 144 valence electrons. The highest BCUT2D eigenvalue weighted by Crippen LogP contribution is 2.22. The number of esters is 1. The summed E-state index contributed by atoms with van der Waals surface area (Å²) in [6.07, 6.45) is 3.79. The SMILES string of the molecule is CCCCN(CC(=O)NO)C(=O)N1CCCC[C@@H]1C(=O)OC(C)(C)C. The number of urea groups is 1. The normalized spacial score (nSPS) is 17.8. The fourth-order valence-corrected chi connectivity index (χ4v) is 2.76. The molecule has 0 aromatic rings. The molecule has 0 aromatic carbocycles. The van der Waals surface area contributed by atoms with Crippen molar-refractivity contribution in [3.63, 3.8) is 0 Å². The molecule has 8 heteroatoms. The van der Waals surface area contributed by atoms with E-state index in [0.29, 0.717) is 19.5 Å². The van der Waals surface area contributed by atoms with E-state index < -0.39 is 23.5 Å². The Bertz CT molecular complexity index is 475. The van der Waals surface area contributed by atoms with E-state index in [1.165, 1.54) is 9.80 Å². The first-order chi connectivity index (χ1) is 11.7. The van der Waals surface area contributed by atoms with Gasteiger partial charge in [0.1, 0.15) is 18.2 Å². The van der Waals surface area contributed by atoms with E-state index in [9.17, 15) is 14.4 Å². The van der Waals surface area contributed by atoms with Crippen LogP contribution in [0.5, 0.6) is 0 Å². The summed E-state index contributed by atoms with van der Waals surface area (Å²) in [5.41, 5.74) is 0.929. The summed E-state index contributed by atoms with van der Waals surface area (Å²) in [6.45, 7) is 7.95. The number of likely N-dealkylation sites (tertiary alicyclic amines) is 1. The van der Waals surface area contributed by atoms with Crippen molar-refractivity contribution in [1.82, 2.24) is 15.3 Å². The molecule has 1 saturated heterocycles. The van der Waals surface area contributed by atoms with Gasteiger partial charge in [0.2, 0.25) is 0 Å². The fraction of sp³-hybridized carbons (Fsp3) is 0.824. The smallest absolute Gasteiger partial charge is 0.329 e. The van der Waals surface area contributed by atoms with Gasteiger partial charge < -0.3 is 14.5 Å². The molecule has 0 unspecified atom stereocenters. The molecule has 0 aromatic heterocycles. The van der Waals surface area contributed by atoms with Gasteiger partial charge in [-0.3, -0.25) is 10.0 Å². The molecule has 0 saturated carbocycles. The van der Waals surface area contributed by atoms with Crippen LogP contribution >= 0.6 is 0 Å². The molecule has 1 rings (SSSR count). The largest absolute Gasteiger partial charge is 0.458 e. The van der Waals surface area contributed by atoms with Gasteiger partial charge >= 0.3 is 12.0 Å². The number of hydroxylamine groups is 1. The maximum absolute atomic E-state index is 12.9. The molecule has 3 amide bonds. The van der Waals surface area contributed by atoms with Crippen molar-refractivity contribution in [2.75, 3.05) is 19.6 Å². The van der Waals surface area contributed by atoms with Crippen molar-refractivity contribution in [2.45, 2.75) is 71.4 Å². The third-order valence-electron chi connectivity index (χ3n) is 3.94. The second-order valence-corrected chi connectivity index (χ2v) is 7.33. The van der Waals surface area contributed by atoms with Gasteiger partial charge in [-0.2, -0.15) is 0 Å². The number of rotatable bonds is 6. The molecular formula is C17H31N3O5. The third-order valence-corrected chi connectivity index (χ3v) is 3.94. The second kappa shape index (κ2) is 9.60. The first-order valence-corrected chi connectivity index (χ1v) is 8.91. The van der Waals surface area contributed by atoms with E-state index >= 15 is 0 Å². The van der Waals surface area contributed by atoms with Crippen molar-refractivity contribution >= 4 is 17.9 Å². The van der Waals surface area contributed by atoms with E-state index in [-0.39, 0.29) is 12.6 Å². The summed E-state index contributed by atoms with van der Waals surface area (Å²) in [5, 5.41) is 8.74. The maximum atomic E-state index is 12.9. The van der Waals surface area contributed by atoms with Crippen molar-refractivity contribution < 1.29 is 24.3 Å². The number of piperidine rings is 1. The molecule has 0 radical (unpaired) electrons. The predicted molar refractivity (Wildman–Crippen MR) is 92.0 cm³/mol. The zero-order chi connectivity index (χ0) is 19.0. The summed E-state index contributed by atoms with van der Waals surface area (Å²) < 4.78 is 5.45. The second-order valence-electron chi connectivity index (χ2n) is 7.33. The topological polar surface area (TPSA) is 99.2 Å². The number of hydrogen-bond acceptors (Lipinski definition) is 5. The van der Waals surface area contributed by atoms with Crippen LogP contribution < -0.4 is 5.48 Å². The number of unbranched alkanes of at least 4 members (excludes halogenated alkanes) is 1. The molecule has 2 N–H and O–H groups in total. The Morgan fingerprint density at radius 2 is 1.96 bits per heavy atom. The molecule has 1 fully saturated rings. The van der Waals surface area contributed by atoms with Crippen LogP contribution in [0.15, 0.2) is 0 Å². The van der Waals surface area contributed by atoms with E-state index in [1.54, 1.807) is 26.3 Å². The van der Waals surface area contributed by atoms with Crippen molar-refractivity contribution in [2.24, 2.45) is 0 Å². The average Bonchev–Trinajstić information content (AvgIpc) is 2.56. The highest BCUT2D eigenvalue weighted by Gasteiger charge is 2.37. The van der Waals surface area contributed by atoms with Crippen molar-refractivity contribution in [3.05, 3.63) is 0 Å². The Morgan fingerprint density at radius 1 is 1.28 bits per heavy atom. The first kappa shape index (κ1) is 21.2. The van der Waals surface area contributed by atoms with Crippen LogP contribution in [0.1, 0.15) is 59.8 Å². The summed E-state index contributed by atoms with van der Waals surface area (Å²) >= 11 is 0. The molecule has 1 atom stereocenters. The number of ether oxygens (including phenoxy) is 1. The van der Waals surface area contributed by atoms with Gasteiger partial charge in [-0.1, -0.05) is 13.3 Å². The summed E-state index contributed by atoms with van der Waals surface area (Å²) in [4.78, 5) is 39.8. The van der Waals surface area contributed by atoms with Crippen LogP contribution in [-0.2, 0) is 14.3 Å². The molecule has 8 nitrogen and oxygen atoms in total.